The zero-order chi connectivity index (χ0) is 15.8. The van der Waals surface area contributed by atoms with Crippen LogP contribution in [-0.4, -0.2) is 51.9 Å². The number of carbonyl (C=O) groups excluding carboxylic acids is 1. The number of benzene rings is 1. The van der Waals surface area contributed by atoms with Gasteiger partial charge in [0.25, 0.3) is 5.91 Å². The molecule has 0 aliphatic carbocycles. The summed E-state index contributed by atoms with van der Waals surface area (Å²) < 4.78 is 38.1. The van der Waals surface area contributed by atoms with Crippen molar-refractivity contribution in [3.05, 3.63) is 35.4 Å². The highest BCUT2D eigenvalue weighted by atomic mass is 19.4. The molecule has 0 radical (unpaired) electrons. The summed E-state index contributed by atoms with van der Waals surface area (Å²) in [5.74, 6) is -1.98. The standard InChI is InChI=1S/C13H12F3NO4/c14-13(15,16)12(21)4-5-17(7-12)10(18)8-2-1-3-9(6-8)11(19)20/h1-3,6,21H,4-5,7H2,(H,19,20). The number of carbonyl (C=O) groups is 2. The second-order valence-electron chi connectivity index (χ2n) is 4.89. The van der Waals surface area contributed by atoms with Crippen molar-refractivity contribution in [3.8, 4) is 0 Å². The fraction of sp³-hybridized carbons (Fsp3) is 0.385. The first-order valence-electron chi connectivity index (χ1n) is 6.06. The minimum Gasteiger partial charge on any atom is -0.478 e. The van der Waals surface area contributed by atoms with Crippen molar-refractivity contribution in [1.82, 2.24) is 4.90 Å². The maximum atomic E-state index is 12.7. The van der Waals surface area contributed by atoms with Crippen LogP contribution in [0.3, 0.4) is 0 Å². The number of aromatic carboxylic acids is 1. The van der Waals surface area contributed by atoms with E-state index in [4.69, 9.17) is 5.11 Å². The highest BCUT2D eigenvalue weighted by molar-refractivity contribution is 5.97. The molecular formula is C13H12F3NO4. The van der Waals surface area contributed by atoms with Crippen LogP contribution in [0.25, 0.3) is 0 Å². The van der Waals surface area contributed by atoms with Gasteiger partial charge in [-0.1, -0.05) is 6.07 Å². The van der Waals surface area contributed by atoms with E-state index in [1.165, 1.54) is 18.2 Å². The first-order valence-corrected chi connectivity index (χ1v) is 6.06. The van der Waals surface area contributed by atoms with Crippen molar-refractivity contribution >= 4 is 11.9 Å². The number of rotatable bonds is 2. The van der Waals surface area contributed by atoms with E-state index in [1.807, 2.05) is 0 Å². The van der Waals surface area contributed by atoms with E-state index in [0.717, 1.165) is 11.0 Å². The van der Waals surface area contributed by atoms with Crippen molar-refractivity contribution in [2.24, 2.45) is 0 Å². The number of carboxylic acid groups (broad SMARTS) is 1. The van der Waals surface area contributed by atoms with E-state index in [-0.39, 0.29) is 17.7 Å². The molecule has 0 saturated carbocycles. The molecule has 114 valence electrons. The van der Waals surface area contributed by atoms with E-state index >= 15 is 0 Å². The van der Waals surface area contributed by atoms with Gasteiger partial charge in [-0.05, 0) is 18.2 Å². The predicted octanol–water partition coefficient (Wildman–Crippen LogP) is 1.52. The van der Waals surface area contributed by atoms with Crippen molar-refractivity contribution in [3.63, 3.8) is 0 Å². The minimum atomic E-state index is -4.81. The molecule has 1 aliphatic heterocycles. The first-order chi connectivity index (χ1) is 9.64. The summed E-state index contributed by atoms with van der Waals surface area (Å²) >= 11 is 0. The third kappa shape index (κ3) is 2.85. The number of halogens is 3. The van der Waals surface area contributed by atoms with E-state index in [2.05, 4.69) is 0 Å². The average molecular weight is 303 g/mol. The molecule has 2 rings (SSSR count). The molecule has 5 nitrogen and oxygen atoms in total. The first kappa shape index (κ1) is 15.3. The lowest BCUT2D eigenvalue weighted by Gasteiger charge is -2.25. The number of hydrogen-bond acceptors (Lipinski definition) is 3. The Labute approximate surface area is 117 Å². The Kier molecular flexibility index (Phi) is 3.66. The van der Waals surface area contributed by atoms with E-state index in [1.54, 1.807) is 0 Å². The van der Waals surface area contributed by atoms with Gasteiger partial charge in [0.1, 0.15) is 0 Å². The van der Waals surface area contributed by atoms with Crippen LogP contribution >= 0.6 is 0 Å². The maximum absolute atomic E-state index is 12.7. The fourth-order valence-corrected chi connectivity index (χ4v) is 2.17. The topological polar surface area (TPSA) is 77.8 Å². The average Bonchev–Trinajstić information content (AvgIpc) is 2.81. The quantitative estimate of drug-likeness (QED) is 0.868. The lowest BCUT2D eigenvalue weighted by Crippen LogP contribution is -2.48. The van der Waals surface area contributed by atoms with Gasteiger partial charge < -0.3 is 15.1 Å². The molecule has 0 spiro atoms. The molecule has 0 bridgehead atoms. The van der Waals surface area contributed by atoms with Crippen LogP contribution in [0.2, 0.25) is 0 Å². The second kappa shape index (κ2) is 5.03. The van der Waals surface area contributed by atoms with Crippen molar-refractivity contribution in [2.45, 2.75) is 18.2 Å². The molecule has 1 amide bonds. The lowest BCUT2D eigenvalue weighted by atomic mass is 10.0. The number of hydrogen-bond donors (Lipinski definition) is 2. The molecule has 0 aromatic heterocycles. The van der Waals surface area contributed by atoms with Gasteiger partial charge in [0, 0.05) is 18.5 Å². The predicted molar refractivity (Wildman–Crippen MR) is 64.9 cm³/mol. The molecule has 21 heavy (non-hydrogen) atoms. The van der Waals surface area contributed by atoms with Gasteiger partial charge in [-0.15, -0.1) is 0 Å². The summed E-state index contributed by atoms with van der Waals surface area (Å²) in [6.45, 7) is -1.10. The largest absolute Gasteiger partial charge is 0.478 e. The Bertz CT molecular complexity index is 587. The van der Waals surface area contributed by atoms with Crippen LogP contribution in [-0.2, 0) is 0 Å². The monoisotopic (exact) mass is 303 g/mol. The Morgan fingerprint density at radius 3 is 2.38 bits per heavy atom. The summed E-state index contributed by atoms with van der Waals surface area (Å²) in [5, 5.41) is 18.4. The number of nitrogens with zero attached hydrogens (tertiary/aromatic N) is 1. The molecule has 1 heterocycles. The van der Waals surface area contributed by atoms with Crippen LogP contribution in [0.5, 0.6) is 0 Å². The molecule has 1 saturated heterocycles. The fourth-order valence-electron chi connectivity index (χ4n) is 2.17. The van der Waals surface area contributed by atoms with Crippen LogP contribution in [0.4, 0.5) is 13.2 Å². The Morgan fingerprint density at radius 2 is 1.86 bits per heavy atom. The Hall–Kier alpha value is -2.09. The summed E-state index contributed by atoms with van der Waals surface area (Å²) in [4.78, 5) is 23.8. The third-order valence-corrected chi connectivity index (χ3v) is 3.42. The van der Waals surface area contributed by atoms with Crippen LogP contribution in [0.15, 0.2) is 24.3 Å². The molecule has 1 aromatic carbocycles. The SMILES string of the molecule is O=C(O)c1cccc(C(=O)N2CCC(O)(C(F)(F)F)C2)c1. The molecule has 1 aliphatic rings. The molecule has 1 unspecified atom stereocenters. The van der Waals surface area contributed by atoms with Crippen molar-refractivity contribution < 1.29 is 33.0 Å². The van der Waals surface area contributed by atoms with Gasteiger partial charge in [0.2, 0.25) is 0 Å². The van der Waals surface area contributed by atoms with Crippen LogP contribution < -0.4 is 0 Å². The van der Waals surface area contributed by atoms with E-state index < -0.39 is 36.6 Å². The lowest BCUT2D eigenvalue weighted by molar-refractivity contribution is -0.253. The Balaban J connectivity index is 2.19. The van der Waals surface area contributed by atoms with Gasteiger partial charge in [-0.3, -0.25) is 4.79 Å². The number of amides is 1. The molecule has 1 fully saturated rings. The third-order valence-electron chi connectivity index (χ3n) is 3.42. The number of alkyl halides is 3. The Morgan fingerprint density at radius 1 is 1.24 bits per heavy atom. The number of aliphatic hydroxyl groups is 1. The van der Waals surface area contributed by atoms with Gasteiger partial charge in [0.05, 0.1) is 12.1 Å². The molecule has 8 heteroatoms. The molecule has 2 N–H and O–H groups in total. The van der Waals surface area contributed by atoms with Crippen molar-refractivity contribution in [1.29, 1.82) is 0 Å². The molecular weight excluding hydrogens is 291 g/mol. The second-order valence-corrected chi connectivity index (χ2v) is 4.89. The molecule has 1 aromatic rings. The highest BCUT2D eigenvalue weighted by Crippen LogP contribution is 2.37. The summed E-state index contributed by atoms with van der Waals surface area (Å²) in [7, 11) is 0. The summed E-state index contributed by atoms with van der Waals surface area (Å²) in [6.07, 6.45) is -5.41. The van der Waals surface area contributed by atoms with Crippen LogP contribution in [0.1, 0.15) is 27.1 Å². The summed E-state index contributed by atoms with van der Waals surface area (Å²) in [5.41, 5.74) is -3.07. The smallest absolute Gasteiger partial charge is 0.419 e. The van der Waals surface area contributed by atoms with E-state index in [0.29, 0.717) is 0 Å². The van der Waals surface area contributed by atoms with Gasteiger partial charge in [0.15, 0.2) is 5.60 Å². The van der Waals surface area contributed by atoms with Gasteiger partial charge in [-0.2, -0.15) is 13.2 Å². The number of β-amino-alcohol motifs (C(OH)–C–C–N with tert-alkyl or cyclic N) is 1. The molecule has 1 atom stereocenters. The highest BCUT2D eigenvalue weighted by Gasteiger charge is 2.57. The van der Waals surface area contributed by atoms with Gasteiger partial charge in [-0.25, -0.2) is 4.79 Å². The number of carboxylic acids is 1. The number of likely N-dealkylation sites (tertiary alicyclic amines) is 1. The minimum absolute atomic E-state index is 0.0266. The van der Waals surface area contributed by atoms with Crippen LogP contribution in [0, 0.1) is 0 Å². The van der Waals surface area contributed by atoms with Crippen molar-refractivity contribution in [2.75, 3.05) is 13.1 Å². The zero-order valence-electron chi connectivity index (χ0n) is 10.7. The zero-order valence-corrected chi connectivity index (χ0v) is 10.7. The maximum Gasteiger partial charge on any atom is 0.419 e. The normalized spacial score (nSPS) is 22.4. The summed E-state index contributed by atoms with van der Waals surface area (Å²) in [6, 6.07) is 5.02. The van der Waals surface area contributed by atoms with Gasteiger partial charge >= 0.3 is 12.1 Å². The van der Waals surface area contributed by atoms with E-state index in [9.17, 15) is 27.9 Å².